The number of carbonyl (C=O) groups is 2. The maximum Gasteiger partial charge on any atom is 0.293 e. The highest BCUT2D eigenvalue weighted by atomic mass is 35.5. The zero-order chi connectivity index (χ0) is 18.0. The van der Waals surface area contributed by atoms with E-state index in [1.54, 1.807) is 36.4 Å². The molecule has 126 valence electrons. The molecule has 2 amide bonds. The number of rotatable bonds is 4. The smallest absolute Gasteiger partial charge is 0.268 e. The molecule has 0 atom stereocenters. The number of hydrogen-bond acceptors (Lipinski definition) is 5. The fraction of sp³-hybridized carbons (Fsp3) is 0.0588. The van der Waals surface area contributed by atoms with Crippen molar-refractivity contribution in [1.29, 1.82) is 0 Å². The SMILES string of the molecule is O=C1S/C(=C\c2ccccc2Cl)C(=O)N1Cc1ccccc1[N+](=O)[O-]. The lowest BCUT2D eigenvalue weighted by molar-refractivity contribution is -0.385. The first kappa shape index (κ1) is 17.2. The number of para-hydroxylation sites is 1. The van der Waals surface area contributed by atoms with Crippen molar-refractivity contribution in [2.45, 2.75) is 6.54 Å². The Labute approximate surface area is 152 Å². The fourth-order valence-corrected chi connectivity index (χ4v) is 3.38. The third kappa shape index (κ3) is 3.57. The van der Waals surface area contributed by atoms with E-state index in [9.17, 15) is 19.7 Å². The number of nitro groups is 1. The first-order valence-corrected chi connectivity index (χ1v) is 8.39. The predicted molar refractivity (Wildman–Crippen MR) is 96.1 cm³/mol. The minimum Gasteiger partial charge on any atom is -0.268 e. The van der Waals surface area contributed by atoms with Crippen molar-refractivity contribution in [3.8, 4) is 0 Å². The lowest BCUT2D eigenvalue weighted by Gasteiger charge is -2.12. The Balaban J connectivity index is 1.88. The van der Waals surface area contributed by atoms with Gasteiger partial charge in [-0.25, -0.2) is 0 Å². The number of thioether (sulfide) groups is 1. The van der Waals surface area contributed by atoms with Crippen molar-refractivity contribution in [2.75, 3.05) is 0 Å². The van der Waals surface area contributed by atoms with Crippen LogP contribution in [0.25, 0.3) is 6.08 Å². The lowest BCUT2D eigenvalue weighted by Crippen LogP contribution is -2.27. The normalized spacial score (nSPS) is 15.9. The summed E-state index contributed by atoms with van der Waals surface area (Å²) in [6, 6.07) is 13.0. The number of amides is 2. The Bertz CT molecular complexity index is 913. The zero-order valence-electron chi connectivity index (χ0n) is 12.7. The summed E-state index contributed by atoms with van der Waals surface area (Å²) >= 11 is 6.86. The molecule has 0 aromatic heterocycles. The first-order valence-electron chi connectivity index (χ1n) is 7.19. The van der Waals surface area contributed by atoms with Crippen molar-refractivity contribution >= 4 is 46.3 Å². The summed E-state index contributed by atoms with van der Waals surface area (Å²) in [5.74, 6) is -0.493. The molecule has 8 heteroatoms. The van der Waals surface area contributed by atoms with Crippen LogP contribution in [-0.2, 0) is 11.3 Å². The lowest BCUT2D eigenvalue weighted by atomic mass is 10.1. The Morgan fingerprint density at radius 2 is 1.80 bits per heavy atom. The Kier molecular flexibility index (Phi) is 4.87. The molecule has 1 fully saturated rings. The molecule has 2 aromatic rings. The molecule has 25 heavy (non-hydrogen) atoms. The van der Waals surface area contributed by atoms with Gasteiger partial charge in [-0.15, -0.1) is 0 Å². The number of hydrogen-bond donors (Lipinski definition) is 0. The number of imide groups is 1. The summed E-state index contributed by atoms with van der Waals surface area (Å²) < 4.78 is 0. The van der Waals surface area contributed by atoms with Gasteiger partial charge >= 0.3 is 0 Å². The average Bonchev–Trinajstić information content (AvgIpc) is 2.85. The van der Waals surface area contributed by atoms with E-state index in [2.05, 4.69) is 0 Å². The van der Waals surface area contributed by atoms with Crippen molar-refractivity contribution in [3.63, 3.8) is 0 Å². The van der Waals surface area contributed by atoms with Gasteiger partial charge in [0.2, 0.25) is 0 Å². The number of nitrogens with zero attached hydrogens (tertiary/aromatic N) is 2. The van der Waals surface area contributed by atoms with Crippen LogP contribution in [-0.4, -0.2) is 21.0 Å². The third-order valence-corrected chi connectivity index (χ3v) is 4.83. The Hall–Kier alpha value is -2.64. The first-order chi connectivity index (χ1) is 12.0. The van der Waals surface area contributed by atoms with Gasteiger partial charge in [-0.2, -0.15) is 0 Å². The molecule has 1 aliphatic heterocycles. The molecule has 0 saturated carbocycles. The van der Waals surface area contributed by atoms with Crippen LogP contribution in [0.3, 0.4) is 0 Å². The molecule has 3 rings (SSSR count). The summed E-state index contributed by atoms with van der Waals surface area (Å²) in [5, 5.41) is 11.1. The van der Waals surface area contributed by atoms with E-state index in [-0.39, 0.29) is 17.1 Å². The molecule has 0 radical (unpaired) electrons. The van der Waals surface area contributed by atoms with E-state index < -0.39 is 16.1 Å². The second-order valence-electron chi connectivity index (χ2n) is 5.18. The molecule has 0 N–H and O–H groups in total. The van der Waals surface area contributed by atoms with E-state index in [4.69, 9.17) is 11.6 Å². The summed E-state index contributed by atoms with van der Waals surface area (Å²) in [6.07, 6.45) is 1.55. The highest BCUT2D eigenvalue weighted by Crippen LogP contribution is 2.35. The van der Waals surface area contributed by atoms with Gasteiger partial charge in [0.1, 0.15) is 0 Å². The van der Waals surface area contributed by atoms with Crippen LogP contribution in [0.2, 0.25) is 5.02 Å². The molecule has 6 nitrogen and oxygen atoms in total. The van der Waals surface area contributed by atoms with E-state index >= 15 is 0 Å². The molecule has 0 spiro atoms. The van der Waals surface area contributed by atoms with Crippen LogP contribution in [0.15, 0.2) is 53.4 Å². The Morgan fingerprint density at radius 1 is 1.12 bits per heavy atom. The summed E-state index contributed by atoms with van der Waals surface area (Å²) in [4.78, 5) is 36.5. The molecular weight excluding hydrogens is 364 g/mol. The Morgan fingerprint density at radius 3 is 2.52 bits per heavy atom. The number of carbonyl (C=O) groups excluding carboxylic acids is 2. The van der Waals surface area contributed by atoms with Crippen molar-refractivity contribution in [3.05, 3.63) is 79.7 Å². The van der Waals surface area contributed by atoms with Crippen molar-refractivity contribution in [1.82, 2.24) is 4.90 Å². The molecule has 0 bridgehead atoms. The topological polar surface area (TPSA) is 80.5 Å². The monoisotopic (exact) mass is 374 g/mol. The van der Waals surface area contributed by atoms with Crippen LogP contribution < -0.4 is 0 Å². The molecular formula is C17H11ClN2O4S. The average molecular weight is 375 g/mol. The van der Waals surface area contributed by atoms with Gasteiger partial charge in [0.25, 0.3) is 16.8 Å². The third-order valence-electron chi connectivity index (χ3n) is 3.58. The summed E-state index contributed by atoms with van der Waals surface area (Å²) in [5.41, 5.74) is 0.797. The maximum atomic E-state index is 12.5. The fourth-order valence-electron chi connectivity index (χ4n) is 2.36. The second-order valence-corrected chi connectivity index (χ2v) is 6.58. The highest BCUT2D eigenvalue weighted by Gasteiger charge is 2.36. The minimum absolute atomic E-state index is 0.128. The molecule has 1 aliphatic rings. The van der Waals surface area contributed by atoms with Gasteiger partial charge in [-0.05, 0) is 29.5 Å². The van der Waals surface area contributed by atoms with Crippen LogP contribution in [0.4, 0.5) is 10.5 Å². The van der Waals surface area contributed by atoms with Gasteiger partial charge in [0, 0.05) is 16.7 Å². The van der Waals surface area contributed by atoms with E-state index in [0.717, 1.165) is 16.7 Å². The van der Waals surface area contributed by atoms with E-state index in [1.807, 2.05) is 0 Å². The number of nitro benzene ring substituents is 1. The quantitative estimate of drug-likeness (QED) is 0.447. The zero-order valence-corrected chi connectivity index (χ0v) is 14.3. The van der Waals surface area contributed by atoms with Gasteiger partial charge in [-0.3, -0.25) is 24.6 Å². The van der Waals surface area contributed by atoms with Crippen LogP contribution >= 0.6 is 23.4 Å². The van der Waals surface area contributed by atoms with Crippen molar-refractivity contribution < 1.29 is 14.5 Å². The number of halogens is 1. The molecule has 2 aromatic carbocycles. The van der Waals surface area contributed by atoms with Gasteiger partial charge in [-0.1, -0.05) is 48.0 Å². The van der Waals surface area contributed by atoms with Gasteiger partial charge < -0.3 is 0 Å². The standard InChI is InChI=1S/C17H11ClN2O4S/c18-13-7-3-1-5-11(13)9-15-16(21)19(17(22)25-15)10-12-6-2-4-8-14(12)20(23)24/h1-9H,10H2/b15-9-. The van der Waals surface area contributed by atoms with E-state index in [0.29, 0.717) is 16.1 Å². The summed E-state index contributed by atoms with van der Waals surface area (Å²) in [7, 11) is 0. The van der Waals surface area contributed by atoms with Crippen LogP contribution in [0, 0.1) is 10.1 Å². The maximum absolute atomic E-state index is 12.5. The predicted octanol–water partition coefficient (Wildman–Crippen LogP) is 4.48. The summed E-state index contributed by atoms with van der Waals surface area (Å²) in [6.45, 7) is -0.151. The molecule has 1 saturated heterocycles. The largest absolute Gasteiger partial charge is 0.293 e. The van der Waals surface area contributed by atoms with Crippen LogP contribution in [0.1, 0.15) is 11.1 Å². The van der Waals surface area contributed by atoms with Crippen LogP contribution in [0.5, 0.6) is 0 Å². The molecule has 0 aliphatic carbocycles. The highest BCUT2D eigenvalue weighted by molar-refractivity contribution is 8.18. The second kappa shape index (κ2) is 7.08. The van der Waals surface area contributed by atoms with Gasteiger partial charge in [0.05, 0.1) is 16.4 Å². The van der Waals surface area contributed by atoms with E-state index in [1.165, 1.54) is 18.2 Å². The molecule has 0 unspecified atom stereocenters. The minimum atomic E-state index is -0.534. The van der Waals surface area contributed by atoms with Gasteiger partial charge in [0.15, 0.2) is 0 Å². The van der Waals surface area contributed by atoms with Crippen molar-refractivity contribution in [2.24, 2.45) is 0 Å². The number of benzene rings is 2. The molecule has 1 heterocycles.